The van der Waals surface area contributed by atoms with Crippen LogP contribution < -0.4 is 10.4 Å². The number of Topliss-reactive ketones (excluding diaryl/α,β-unsaturated/α-hetero) is 1. The third-order valence-corrected chi connectivity index (χ3v) is 8.00. The summed E-state index contributed by atoms with van der Waals surface area (Å²) in [7, 11) is 0. The number of aryl methyl sites for hydroxylation is 4. The van der Waals surface area contributed by atoms with Gasteiger partial charge in [-0.3, -0.25) is 4.79 Å². The van der Waals surface area contributed by atoms with Crippen molar-refractivity contribution in [3.8, 4) is 0 Å². The smallest absolute Gasteiger partial charge is 0.160 e. The lowest BCUT2D eigenvalue weighted by Crippen LogP contribution is -2.28. The number of ketones is 1. The predicted molar refractivity (Wildman–Crippen MR) is 228 cm³/mol. The Balaban J connectivity index is 0. The van der Waals surface area contributed by atoms with Gasteiger partial charge in [0.05, 0.1) is 0 Å². The second-order valence-corrected chi connectivity index (χ2v) is 13.4. The number of benzene rings is 3. The lowest BCUT2D eigenvalue weighted by atomic mass is 9.93. The van der Waals surface area contributed by atoms with Crippen molar-refractivity contribution in [3.05, 3.63) is 139 Å². The van der Waals surface area contributed by atoms with Crippen LogP contribution in [0.5, 0.6) is 0 Å². The van der Waals surface area contributed by atoms with Crippen LogP contribution >= 0.6 is 0 Å². The molecule has 0 aliphatic heterocycles. The number of allylic oxidation sites excluding steroid dienone is 6. The van der Waals surface area contributed by atoms with E-state index in [2.05, 4.69) is 86.3 Å². The molecule has 0 saturated heterocycles. The summed E-state index contributed by atoms with van der Waals surface area (Å²) in [5.74, 6) is 0.727. The average molecular weight is 715 g/mol. The van der Waals surface area contributed by atoms with Gasteiger partial charge in [-0.2, -0.15) is 0 Å². The van der Waals surface area contributed by atoms with Crippen molar-refractivity contribution in [2.75, 3.05) is 0 Å². The molecule has 0 amide bonds. The SMILES string of the molecule is C/C=C(CCC)\C(C(C)=O)=C(/C)CC.C=c1cc(CC)c(CC)c/c1=C(/C=C\C)Cc1ccc(C)cc1F.CC.CC(C)C.Cc1ccc(F)cc1. The number of carbonyl (C=O) groups excluding carboxylic acids is 1. The average Bonchev–Trinajstić information content (AvgIpc) is 3.11. The lowest BCUT2D eigenvalue weighted by Gasteiger charge is -2.11. The fourth-order valence-corrected chi connectivity index (χ4v) is 5.34. The van der Waals surface area contributed by atoms with Crippen molar-refractivity contribution in [3.63, 3.8) is 0 Å². The molecular weight excluding hydrogens is 643 g/mol. The van der Waals surface area contributed by atoms with E-state index < -0.39 is 0 Å². The highest BCUT2D eigenvalue weighted by atomic mass is 19.1. The molecule has 0 aliphatic carbocycles. The Labute approximate surface area is 318 Å². The molecule has 0 N–H and O–H groups in total. The van der Waals surface area contributed by atoms with Crippen LogP contribution in [0.1, 0.15) is 137 Å². The number of rotatable bonds is 10. The van der Waals surface area contributed by atoms with Crippen molar-refractivity contribution in [2.24, 2.45) is 5.92 Å². The Bertz CT molecular complexity index is 1640. The minimum Gasteiger partial charge on any atom is -0.295 e. The maximum atomic E-state index is 14.3. The van der Waals surface area contributed by atoms with Gasteiger partial charge in [0.25, 0.3) is 0 Å². The van der Waals surface area contributed by atoms with Crippen molar-refractivity contribution >= 4 is 17.9 Å². The third-order valence-electron chi connectivity index (χ3n) is 8.00. The van der Waals surface area contributed by atoms with Crippen LogP contribution in [0.15, 0.2) is 89.5 Å². The van der Waals surface area contributed by atoms with Gasteiger partial charge in [-0.1, -0.05) is 141 Å². The van der Waals surface area contributed by atoms with Crippen LogP contribution in [0.4, 0.5) is 8.78 Å². The third kappa shape index (κ3) is 19.7. The van der Waals surface area contributed by atoms with Crippen molar-refractivity contribution in [1.29, 1.82) is 0 Å². The number of hydrogen-bond donors (Lipinski definition) is 0. The second kappa shape index (κ2) is 28.7. The molecule has 0 atom stereocenters. The van der Waals surface area contributed by atoms with Gasteiger partial charge < -0.3 is 0 Å². The molecule has 0 unspecified atom stereocenters. The van der Waals surface area contributed by atoms with Gasteiger partial charge in [0.2, 0.25) is 0 Å². The molecule has 0 fully saturated rings. The Hall–Kier alpha value is -3.85. The maximum absolute atomic E-state index is 14.3. The summed E-state index contributed by atoms with van der Waals surface area (Å²) in [6.07, 6.45) is 11.8. The van der Waals surface area contributed by atoms with Gasteiger partial charge in [-0.25, -0.2) is 8.78 Å². The van der Waals surface area contributed by atoms with Gasteiger partial charge in [0.15, 0.2) is 5.78 Å². The highest BCUT2D eigenvalue weighted by molar-refractivity contribution is 5.98. The standard InChI is InChI=1S/C23H27F.C13H22O.C7H7F.C4H10.C2H6/c1-6-9-20(14-21-11-10-16(4)12-23(21)24)22-15-19(8-3)18(7-2)13-17(22)5;1-6-9-12(8-3)13(11(5)14)10(4)7-2;1-6-2-4-7(8)5-3-6;1-4(2)3;1-2/h6,9-13,15H,5,7-8,14H2,1-4H3;8H,6-7,9H2,1-5H3;2-5H,1H3;4H,1-3H3;1-2H3/b9-6-,22-20+;12-8-,13-10+;;;. The Morgan fingerprint density at radius 2 is 1.31 bits per heavy atom. The van der Waals surface area contributed by atoms with E-state index in [0.717, 1.165) is 76.3 Å². The summed E-state index contributed by atoms with van der Waals surface area (Å²) in [6.45, 7) is 34.9. The summed E-state index contributed by atoms with van der Waals surface area (Å²) in [5.41, 5.74) is 9.95. The summed E-state index contributed by atoms with van der Waals surface area (Å²) in [4.78, 5) is 11.5. The van der Waals surface area contributed by atoms with E-state index in [1.165, 1.54) is 34.4 Å². The fraction of sp³-hybridized carbons (Fsp3) is 0.449. The Kier molecular flexibility index (Phi) is 27.7. The first-order valence-corrected chi connectivity index (χ1v) is 19.4. The van der Waals surface area contributed by atoms with E-state index in [0.29, 0.717) is 6.42 Å². The molecule has 0 bridgehead atoms. The van der Waals surface area contributed by atoms with Crippen LogP contribution in [-0.2, 0) is 24.1 Å². The zero-order chi connectivity index (χ0) is 40.4. The predicted octanol–water partition coefficient (Wildman–Crippen LogP) is 13.5. The summed E-state index contributed by atoms with van der Waals surface area (Å²) >= 11 is 0. The topological polar surface area (TPSA) is 17.1 Å². The molecular formula is C49H72F2O. The summed E-state index contributed by atoms with van der Waals surface area (Å²) in [5, 5.41) is 2.15. The zero-order valence-electron chi connectivity index (χ0n) is 35.6. The molecule has 288 valence electrons. The van der Waals surface area contributed by atoms with E-state index in [1.807, 2.05) is 59.8 Å². The molecule has 3 heteroatoms. The largest absolute Gasteiger partial charge is 0.295 e. The van der Waals surface area contributed by atoms with Crippen LogP contribution in [0.25, 0.3) is 12.2 Å². The summed E-state index contributed by atoms with van der Waals surface area (Å²) in [6, 6.07) is 16.3. The van der Waals surface area contributed by atoms with Crippen molar-refractivity contribution < 1.29 is 13.6 Å². The first-order chi connectivity index (χ1) is 24.6. The van der Waals surface area contributed by atoms with Crippen LogP contribution in [0.3, 0.4) is 0 Å². The second-order valence-electron chi connectivity index (χ2n) is 13.4. The summed E-state index contributed by atoms with van der Waals surface area (Å²) < 4.78 is 26.4. The molecule has 0 heterocycles. The monoisotopic (exact) mass is 715 g/mol. The molecule has 0 aromatic heterocycles. The molecule has 0 aliphatic rings. The van der Waals surface area contributed by atoms with Crippen molar-refractivity contribution in [1.82, 2.24) is 0 Å². The molecule has 52 heavy (non-hydrogen) atoms. The quantitative estimate of drug-likeness (QED) is 0.151. The van der Waals surface area contributed by atoms with Gasteiger partial charge in [0.1, 0.15) is 11.6 Å². The van der Waals surface area contributed by atoms with Crippen molar-refractivity contribution in [2.45, 2.75) is 142 Å². The minimum absolute atomic E-state index is 0.136. The van der Waals surface area contributed by atoms with Gasteiger partial charge in [-0.15, -0.1) is 0 Å². The normalized spacial score (nSPS) is 11.8. The molecule has 3 aromatic carbocycles. The fourth-order valence-electron chi connectivity index (χ4n) is 5.34. The minimum atomic E-state index is -0.171. The maximum Gasteiger partial charge on any atom is 0.160 e. The molecule has 0 radical (unpaired) electrons. The zero-order valence-corrected chi connectivity index (χ0v) is 35.6. The molecule has 0 saturated carbocycles. The van der Waals surface area contributed by atoms with E-state index in [9.17, 15) is 13.6 Å². The van der Waals surface area contributed by atoms with Crippen LogP contribution in [0.2, 0.25) is 0 Å². The molecule has 3 aromatic rings. The van der Waals surface area contributed by atoms with Crippen LogP contribution in [0, 0.1) is 31.4 Å². The highest BCUT2D eigenvalue weighted by Gasteiger charge is 2.11. The molecule has 0 spiro atoms. The van der Waals surface area contributed by atoms with E-state index in [1.54, 1.807) is 25.1 Å². The van der Waals surface area contributed by atoms with Gasteiger partial charge >= 0.3 is 0 Å². The number of carbonyl (C=O) groups is 1. The van der Waals surface area contributed by atoms with E-state index in [4.69, 9.17) is 0 Å². The van der Waals surface area contributed by atoms with E-state index >= 15 is 0 Å². The first-order valence-electron chi connectivity index (χ1n) is 19.4. The Morgan fingerprint density at radius 1 is 0.788 bits per heavy atom. The lowest BCUT2D eigenvalue weighted by molar-refractivity contribution is -0.113. The highest BCUT2D eigenvalue weighted by Crippen LogP contribution is 2.22. The van der Waals surface area contributed by atoms with Gasteiger partial charge in [-0.05, 0) is 135 Å². The molecule has 1 nitrogen and oxygen atoms in total. The molecule has 3 rings (SSSR count). The van der Waals surface area contributed by atoms with Gasteiger partial charge in [0, 0.05) is 12.0 Å². The number of halogens is 2. The van der Waals surface area contributed by atoms with E-state index in [-0.39, 0.29) is 17.4 Å². The first kappa shape index (κ1) is 50.3. The number of hydrogen-bond acceptors (Lipinski definition) is 1. The van der Waals surface area contributed by atoms with Crippen LogP contribution in [-0.4, -0.2) is 5.78 Å². The Morgan fingerprint density at radius 3 is 1.71 bits per heavy atom.